The summed E-state index contributed by atoms with van der Waals surface area (Å²) in [5.41, 5.74) is -0.110. The molecule has 1 aromatic rings. The van der Waals surface area contributed by atoms with Crippen molar-refractivity contribution in [1.29, 1.82) is 0 Å². The molecule has 0 aliphatic heterocycles. The van der Waals surface area contributed by atoms with E-state index < -0.39 is 6.09 Å². The molecule has 0 unspecified atom stereocenters. The molecule has 1 rings (SSSR count). The van der Waals surface area contributed by atoms with Crippen LogP contribution in [-0.4, -0.2) is 22.4 Å². The standard InChI is InChI=1S/C11H19N3O2/c1-5-6-12-10(15)16-9-7-13-14(8-9)11(2,3)4/h7-8H,5-6H2,1-4H3,(H,12,15). The van der Waals surface area contributed by atoms with Gasteiger partial charge in [0.1, 0.15) is 0 Å². The third-order valence-electron chi connectivity index (χ3n) is 1.98. The first-order valence-electron chi connectivity index (χ1n) is 5.44. The SMILES string of the molecule is CCCNC(=O)Oc1cnn(C(C)(C)C)c1. The number of amides is 1. The molecule has 0 saturated carbocycles. The lowest BCUT2D eigenvalue weighted by Gasteiger charge is -2.18. The summed E-state index contributed by atoms with van der Waals surface area (Å²) in [6, 6.07) is 0. The first-order valence-corrected chi connectivity index (χ1v) is 5.44. The van der Waals surface area contributed by atoms with E-state index in [1.165, 1.54) is 6.20 Å². The fourth-order valence-corrected chi connectivity index (χ4v) is 1.10. The van der Waals surface area contributed by atoms with Crippen LogP contribution in [0.15, 0.2) is 12.4 Å². The summed E-state index contributed by atoms with van der Waals surface area (Å²) >= 11 is 0. The van der Waals surface area contributed by atoms with Crippen LogP contribution in [0.3, 0.4) is 0 Å². The minimum absolute atomic E-state index is 0.110. The molecule has 1 amide bonds. The van der Waals surface area contributed by atoms with E-state index >= 15 is 0 Å². The van der Waals surface area contributed by atoms with Gasteiger partial charge in [-0.2, -0.15) is 5.10 Å². The normalized spacial score (nSPS) is 11.2. The zero-order chi connectivity index (χ0) is 12.2. The summed E-state index contributed by atoms with van der Waals surface area (Å²) in [7, 11) is 0. The molecule has 0 fully saturated rings. The Morgan fingerprint density at radius 1 is 1.56 bits per heavy atom. The van der Waals surface area contributed by atoms with Crippen molar-refractivity contribution in [2.45, 2.75) is 39.7 Å². The van der Waals surface area contributed by atoms with E-state index in [0.29, 0.717) is 12.3 Å². The average Bonchev–Trinajstić information content (AvgIpc) is 2.62. The van der Waals surface area contributed by atoms with Gasteiger partial charge in [0, 0.05) is 6.54 Å². The Bertz CT molecular complexity index is 352. The van der Waals surface area contributed by atoms with E-state index in [9.17, 15) is 4.79 Å². The minimum atomic E-state index is -0.435. The maximum atomic E-state index is 11.3. The van der Waals surface area contributed by atoms with Crippen LogP contribution in [0.5, 0.6) is 5.75 Å². The van der Waals surface area contributed by atoms with Crippen LogP contribution in [0.25, 0.3) is 0 Å². The van der Waals surface area contributed by atoms with E-state index in [1.807, 2.05) is 27.7 Å². The van der Waals surface area contributed by atoms with Crippen molar-refractivity contribution in [3.05, 3.63) is 12.4 Å². The molecular weight excluding hydrogens is 206 g/mol. The number of aromatic nitrogens is 2. The predicted molar refractivity (Wildman–Crippen MR) is 61.5 cm³/mol. The second-order valence-electron chi connectivity index (χ2n) is 4.61. The summed E-state index contributed by atoms with van der Waals surface area (Å²) in [6.07, 6.45) is 3.70. The van der Waals surface area contributed by atoms with Gasteiger partial charge in [-0.15, -0.1) is 0 Å². The summed E-state index contributed by atoms with van der Waals surface area (Å²) in [6.45, 7) is 8.69. The molecule has 0 aromatic carbocycles. The Hall–Kier alpha value is -1.52. The van der Waals surface area contributed by atoms with Crippen molar-refractivity contribution in [2.24, 2.45) is 0 Å². The van der Waals surface area contributed by atoms with Gasteiger partial charge < -0.3 is 10.1 Å². The summed E-state index contributed by atoms with van der Waals surface area (Å²) < 4.78 is 6.82. The lowest BCUT2D eigenvalue weighted by Crippen LogP contribution is -2.27. The summed E-state index contributed by atoms with van der Waals surface area (Å²) in [5.74, 6) is 0.462. The highest BCUT2D eigenvalue weighted by atomic mass is 16.6. The van der Waals surface area contributed by atoms with Crippen LogP contribution < -0.4 is 10.1 Å². The predicted octanol–water partition coefficient (Wildman–Crippen LogP) is 2.14. The van der Waals surface area contributed by atoms with E-state index in [1.54, 1.807) is 10.9 Å². The third kappa shape index (κ3) is 3.56. The first-order chi connectivity index (χ1) is 7.43. The van der Waals surface area contributed by atoms with Gasteiger partial charge in [0.15, 0.2) is 5.75 Å². The van der Waals surface area contributed by atoms with E-state index in [0.717, 1.165) is 6.42 Å². The molecule has 1 aromatic heterocycles. The zero-order valence-corrected chi connectivity index (χ0v) is 10.3. The fraction of sp³-hybridized carbons (Fsp3) is 0.636. The molecule has 0 atom stereocenters. The third-order valence-corrected chi connectivity index (χ3v) is 1.98. The van der Waals surface area contributed by atoms with Gasteiger partial charge >= 0.3 is 6.09 Å². The van der Waals surface area contributed by atoms with E-state index in [-0.39, 0.29) is 5.54 Å². The number of carbonyl (C=O) groups excluding carboxylic acids is 1. The highest BCUT2D eigenvalue weighted by molar-refractivity contribution is 5.69. The fourth-order valence-electron chi connectivity index (χ4n) is 1.10. The molecule has 1 heterocycles. The van der Waals surface area contributed by atoms with Crippen LogP contribution in [0.2, 0.25) is 0 Å². The van der Waals surface area contributed by atoms with E-state index in [2.05, 4.69) is 10.4 Å². The maximum Gasteiger partial charge on any atom is 0.412 e. The first kappa shape index (κ1) is 12.5. The Labute approximate surface area is 95.8 Å². The molecule has 0 radical (unpaired) electrons. The second kappa shape index (κ2) is 5.01. The van der Waals surface area contributed by atoms with Crippen molar-refractivity contribution in [1.82, 2.24) is 15.1 Å². The molecule has 0 aliphatic carbocycles. The highest BCUT2D eigenvalue weighted by Crippen LogP contribution is 2.17. The molecule has 0 spiro atoms. The number of ether oxygens (including phenoxy) is 1. The summed E-state index contributed by atoms with van der Waals surface area (Å²) in [5, 5.41) is 6.76. The number of nitrogens with one attached hydrogen (secondary N) is 1. The molecule has 90 valence electrons. The quantitative estimate of drug-likeness (QED) is 0.857. The molecule has 5 nitrogen and oxygen atoms in total. The second-order valence-corrected chi connectivity index (χ2v) is 4.61. The molecule has 0 bridgehead atoms. The number of rotatable bonds is 3. The van der Waals surface area contributed by atoms with Crippen molar-refractivity contribution in [2.75, 3.05) is 6.54 Å². The molecule has 1 N–H and O–H groups in total. The van der Waals surface area contributed by atoms with Gasteiger partial charge in [-0.1, -0.05) is 6.92 Å². The van der Waals surface area contributed by atoms with Gasteiger partial charge in [0.25, 0.3) is 0 Å². The Morgan fingerprint density at radius 2 is 2.25 bits per heavy atom. The minimum Gasteiger partial charge on any atom is -0.407 e. The number of carbonyl (C=O) groups is 1. The van der Waals surface area contributed by atoms with Crippen molar-refractivity contribution in [3.8, 4) is 5.75 Å². The maximum absolute atomic E-state index is 11.3. The molecule has 5 heteroatoms. The van der Waals surface area contributed by atoms with Crippen LogP contribution in [0.1, 0.15) is 34.1 Å². The van der Waals surface area contributed by atoms with Crippen LogP contribution in [-0.2, 0) is 5.54 Å². The molecule has 0 saturated heterocycles. The van der Waals surface area contributed by atoms with Crippen molar-refractivity contribution >= 4 is 6.09 Å². The average molecular weight is 225 g/mol. The lowest BCUT2D eigenvalue weighted by molar-refractivity contribution is 0.200. The molecule has 0 aliphatic rings. The van der Waals surface area contributed by atoms with Crippen LogP contribution in [0.4, 0.5) is 4.79 Å². The smallest absolute Gasteiger partial charge is 0.407 e. The van der Waals surface area contributed by atoms with Gasteiger partial charge in [0.2, 0.25) is 0 Å². The Kier molecular flexibility index (Phi) is 3.93. The van der Waals surface area contributed by atoms with Crippen molar-refractivity contribution in [3.63, 3.8) is 0 Å². The topological polar surface area (TPSA) is 56.1 Å². The number of hydrogen-bond donors (Lipinski definition) is 1. The number of nitrogens with zero attached hydrogens (tertiary/aromatic N) is 2. The van der Waals surface area contributed by atoms with E-state index in [4.69, 9.17) is 4.74 Å². The summed E-state index contributed by atoms with van der Waals surface area (Å²) in [4.78, 5) is 11.3. The Morgan fingerprint density at radius 3 is 2.75 bits per heavy atom. The molecule has 16 heavy (non-hydrogen) atoms. The highest BCUT2D eigenvalue weighted by Gasteiger charge is 2.15. The zero-order valence-electron chi connectivity index (χ0n) is 10.3. The van der Waals surface area contributed by atoms with Gasteiger partial charge in [0.05, 0.1) is 17.9 Å². The van der Waals surface area contributed by atoms with Crippen LogP contribution >= 0.6 is 0 Å². The van der Waals surface area contributed by atoms with Crippen molar-refractivity contribution < 1.29 is 9.53 Å². The van der Waals surface area contributed by atoms with Gasteiger partial charge in [-0.05, 0) is 27.2 Å². The Balaban J connectivity index is 2.56. The molecular formula is C11H19N3O2. The number of hydrogen-bond acceptors (Lipinski definition) is 3. The van der Waals surface area contributed by atoms with Gasteiger partial charge in [-0.25, -0.2) is 4.79 Å². The lowest BCUT2D eigenvalue weighted by atomic mass is 10.1. The van der Waals surface area contributed by atoms with Crippen LogP contribution in [0, 0.1) is 0 Å². The monoisotopic (exact) mass is 225 g/mol. The van der Waals surface area contributed by atoms with Gasteiger partial charge in [-0.3, -0.25) is 4.68 Å². The largest absolute Gasteiger partial charge is 0.412 e.